The predicted octanol–water partition coefficient (Wildman–Crippen LogP) is 1.87. The molecule has 10 heteroatoms. The van der Waals surface area contributed by atoms with Crippen molar-refractivity contribution in [2.45, 2.75) is 63.1 Å². The Morgan fingerprint density at radius 1 is 1.12 bits per heavy atom. The number of aryl methyl sites for hydroxylation is 1. The summed E-state index contributed by atoms with van der Waals surface area (Å²) in [5.74, 6) is 1.57. The molecule has 4 heterocycles. The minimum absolute atomic E-state index is 0.147. The minimum atomic E-state index is -0.511. The molecule has 0 aromatic carbocycles. The van der Waals surface area contributed by atoms with Gasteiger partial charge in [-0.15, -0.1) is 0 Å². The van der Waals surface area contributed by atoms with E-state index < -0.39 is 6.10 Å². The third-order valence-electron chi connectivity index (χ3n) is 6.78. The quantitative estimate of drug-likeness (QED) is 0.621. The Morgan fingerprint density at radius 3 is 2.84 bits per heavy atom. The van der Waals surface area contributed by atoms with Gasteiger partial charge in [-0.05, 0) is 38.2 Å². The van der Waals surface area contributed by atoms with Crippen molar-refractivity contribution in [1.82, 2.24) is 29.5 Å². The summed E-state index contributed by atoms with van der Waals surface area (Å²) in [6.07, 6.45) is 9.61. The van der Waals surface area contributed by atoms with Gasteiger partial charge >= 0.3 is 0 Å². The number of rotatable bonds is 5. The molecule has 32 heavy (non-hydrogen) atoms. The van der Waals surface area contributed by atoms with Crippen LogP contribution < -0.4 is 15.8 Å². The summed E-state index contributed by atoms with van der Waals surface area (Å²) < 4.78 is 3.25. The molecule has 2 fully saturated rings. The Hall–Kier alpha value is -3.01. The van der Waals surface area contributed by atoms with Crippen LogP contribution in [0.4, 0.5) is 11.6 Å². The monoisotopic (exact) mass is 438 g/mol. The SMILES string of the molecule is Cn1ncc2c(NCC3CCCCN3c3ccc(=O)n(C4CCCCC4O)n3)ncnc21. The number of piperidine rings is 1. The third kappa shape index (κ3) is 3.94. The van der Waals surface area contributed by atoms with Crippen molar-refractivity contribution < 1.29 is 5.11 Å². The topological polar surface area (TPSA) is 114 Å². The summed E-state index contributed by atoms with van der Waals surface area (Å²) >= 11 is 0. The van der Waals surface area contributed by atoms with E-state index in [0.717, 1.165) is 74.2 Å². The van der Waals surface area contributed by atoms with E-state index in [2.05, 4.69) is 25.3 Å². The Morgan fingerprint density at radius 2 is 1.97 bits per heavy atom. The van der Waals surface area contributed by atoms with Gasteiger partial charge in [0.1, 0.15) is 18.0 Å². The highest BCUT2D eigenvalue weighted by molar-refractivity contribution is 5.85. The largest absolute Gasteiger partial charge is 0.391 e. The lowest BCUT2D eigenvalue weighted by Gasteiger charge is -2.37. The molecule has 3 atom stereocenters. The number of aromatic nitrogens is 6. The first-order chi connectivity index (χ1) is 15.6. The van der Waals surface area contributed by atoms with E-state index in [1.54, 1.807) is 23.3 Å². The van der Waals surface area contributed by atoms with Gasteiger partial charge in [-0.2, -0.15) is 10.2 Å². The van der Waals surface area contributed by atoms with Crippen LogP contribution in [0.1, 0.15) is 51.0 Å². The maximum atomic E-state index is 12.6. The molecule has 3 unspecified atom stereocenters. The molecular weight excluding hydrogens is 408 g/mol. The van der Waals surface area contributed by atoms with Crippen LogP contribution in [0, 0.1) is 0 Å². The lowest BCUT2D eigenvalue weighted by molar-refractivity contribution is 0.0669. The van der Waals surface area contributed by atoms with Crippen molar-refractivity contribution in [3.8, 4) is 0 Å². The molecule has 3 aromatic rings. The molecule has 1 aliphatic carbocycles. The normalized spacial score (nSPS) is 24.1. The smallest absolute Gasteiger partial charge is 0.267 e. The van der Waals surface area contributed by atoms with Crippen LogP contribution in [0.2, 0.25) is 0 Å². The summed E-state index contributed by atoms with van der Waals surface area (Å²) in [7, 11) is 1.87. The molecule has 1 saturated heterocycles. The van der Waals surface area contributed by atoms with Crippen molar-refractivity contribution in [3.05, 3.63) is 35.0 Å². The van der Waals surface area contributed by atoms with Gasteiger partial charge in [0, 0.05) is 32.2 Å². The zero-order valence-electron chi connectivity index (χ0n) is 18.4. The van der Waals surface area contributed by atoms with Crippen LogP contribution in [0.15, 0.2) is 29.5 Å². The summed E-state index contributed by atoms with van der Waals surface area (Å²) in [6, 6.07) is 3.39. The lowest BCUT2D eigenvalue weighted by Crippen LogP contribution is -2.45. The van der Waals surface area contributed by atoms with E-state index in [0.29, 0.717) is 6.54 Å². The Labute approximate surface area is 186 Å². The zero-order chi connectivity index (χ0) is 22.1. The second-order valence-corrected chi connectivity index (χ2v) is 8.85. The van der Waals surface area contributed by atoms with Crippen LogP contribution in [0.5, 0.6) is 0 Å². The molecule has 0 radical (unpaired) electrons. The van der Waals surface area contributed by atoms with E-state index in [1.807, 2.05) is 13.1 Å². The van der Waals surface area contributed by atoms with Gasteiger partial charge < -0.3 is 15.3 Å². The fourth-order valence-corrected chi connectivity index (χ4v) is 5.01. The van der Waals surface area contributed by atoms with Crippen molar-refractivity contribution >= 4 is 22.7 Å². The van der Waals surface area contributed by atoms with Gasteiger partial charge in [0.05, 0.1) is 23.7 Å². The van der Waals surface area contributed by atoms with Crippen molar-refractivity contribution in [1.29, 1.82) is 0 Å². The number of anilines is 2. The molecule has 2 aliphatic rings. The lowest BCUT2D eigenvalue weighted by atomic mass is 9.93. The van der Waals surface area contributed by atoms with Gasteiger partial charge in [0.2, 0.25) is 0 Å². The maximum absolute atomic E-state index is 12.6. The van der Waals surface area contributed by atoms with Gasteiger partial charge in [0.15, 0.2) is 5.65 Å². The van der Waals surface area contributed by atoms with Crippen LogP contribution in [0.3, 0.4) is 0 Å². The van der Waals surface area contributed by atoms with Crippen LogP contribution in [-0.4, -0.2) is 59.9 Å². The number of nitrogens with zero attached hydrogens (tertiary/aromatic N) is 7. The predicted molar refractivity (Wildman–Crippen MR) is 122 cm³/mol. The number of hydrogen-bond donors (Lipinski definition) is 2. The average Bonchev–Trinajstić information content (AvgIpc) is 3.20. The molecule has 10 nitrogen and oxygen atoms in total. The van der Waals surface area contributed by atoms with Crippen molar-refractivity contribution in [2.75, 3.05) is 23.3 Å². The van der Waals surface area contributed by atoms with Crippen molar-refractivity contribution in [2.24, 2.45) is 7.05 Å². The van der Waals surface area contributed by atoms with E-state index >= 15 is 0 Å². The molecule has 3 aromatic heterocycles. The Bertz CT molecular complexity index is 1140. The first-order valence-electron chi connectivity index (χ1n) is 11.5. The Balaban J connectivity index is 1.37. The van der Waals surface area contributed by atoms with Gasteiger partial charge in [0.25, 0.3) is 5.56 Å². The summed E-state index contributed by atoms with van der Waals surface area (Å²) in [6.45, 7) is 1.59. The summed E-state index contributed by atoms with van der Waals surface area (Å²) in [4.78, 5) is 23.6. The highest BCUT2D eigenvalue weighted by Crippen LogP contribution is 2.29. The average molecular weight is 439 g/mol. The first-order valence-corrected chi connectivity index (χ1v) is 11.5. The van der Waals surface area contributed by atoms with Crippen LogP contribution in [-0.2, 0) is 7.05 Å². The highest BCUT2D eigenvalue weighted by Gasteiger charge is 2.29. The molecular formula is C22H30N8O2. The fraction of sp³-hybridized carbons (Fsp3) is 0.591. The van der Waals surface area contributed by atoms with E-state index in [1.165, 1.54) is 4.68 Å². The molecule has 1 saturated carbocycles. The summed E-state index contributed by atoms with van der Waals surface area (Å²) in [5, 5.41) is 23.9. The molecule has 0 spiro atoms. The number of fused-ring (bicyclic) bond motifs is 1. The number of hydrogen-bond acceptors (Lipinski definition) is 8. The first kappa shape index (κ1) is 20.9. The maximum Gasteiger partial charge on any atom is 0.267 e. The van der Waals surface area contributed by atoms with Gasteiger partial charge in [-0.3, -0.25) is 9.48 Å². The highest BCUT2D eigenvalue weighted by atomic mass is 16.3. The van der Waals surface area contributed by atoms with Gasteiger partial charge in [-0.1, -0.05) is 12.8 Å². The third-order valence-corrected chi connectivity index (χ3v) is 6.78. The molecule has 170 valence electrons. The molecule has 2 N–H and O–H groups in total. The van der Waals surface area contributed by atoms with Gasteiger partial charge in [-0.25, -0.2) is 14.6 Å². The molecule has 1 aliphatic heterocycles. The number of aliphatic hydroxyl groups is 1. The zero-order valence-corrected chi connectivity index (χ0v) is 18.4. The number of aliphatic hydroxyl groups excluding tert-OH is 1. The molecule has 0 amide bonds. The molecule has 0 bridgehead atoms. The second kappa shape index (κ2) is 8.85. The summed E-state index contributed by atoms with van der Waals surface area (Å²) in [5.41, 5.74) is 0.647. The minimum Gasteiger partial charge on any atom is -0.391 e. The molecule has 5 rings (SSSR count). The van der Waals surface area contributed by atoms with E-state index in [-0.39, 0.29) is 17.6 Å². The number of nitrogens with one attached hydrogen (secondary N) is 1. The fourth-order valence-electron chi connectivity index (χ4n) is 5.01. The Kier molecular flexibility index (Phi) is 5.77. The van der Waals surface area contributed by atoms with Crippen LogP contribution in [0.25, 0.3) is 11.0 Å². The van der Waals surface area contributed by atoms with Crippen molar-refractivity contribution in [3.63, 3.8) is 0 Å². The van der Waals surface area contributed by atoms with Crippen LogP contribution >= 0.6 is 0 Å². The van der Waals surface area contributed by atoms with E-state index in [9.17, 15) is 9.90 Å². The standard InChI is InChI=1S/C22H30N8O2/c1-28-22-16(13-26-28)21(24-14-25-22)23-12-15-6-4-5-11-29(15)19-9-10-20(32)30(27-19)17-7-2-3-8-18(17)31/h9-10,13-15,17-18,31H,2-8,11-12H2,1H3,(H,23,24,25). The second-order valence-electron chi connectivity index (χ2n) is 8.85. The van der Waals surface area contributed by atoms with E-state index in [4.69, 9.17) is 5.10 Å².